The fraction of sp³-hybridized carbons (Fsp3) is 0.897. The van der Waals surface area contributed by atoms with Gasteiger partial charge in [0.1, 0.15) is 6.23 Å². The van der Waals surface area contributed by atoms with E-state index in [1.165, 1.54) is 103 Å². The molecule has 0 aromatic heterocycles. The van der Waals surface area contributed by atoms with Gasteiger partial charge in [0.2, 0.25) is 6.29 Å². The number of hydrogen-bond acceptors (Lipinski definition) is 5. The van der Waals surface area contributed by atoms with Crippen LogP contribution in [-0.4, -0.2) is 42.8 Å². The van der Waals surface area contributed by atoms with Crippen molar-refractivity contribution in [1.82, 2.24) is 4.90 Å². The lowest BCUT2D eigenvalue weighted by Crippen LogP contribution is -2.40. The molecule has 0 bridgehead atoms. The maximum absolute atomic E-state index is 11.4. The van der Waals surface area contributed by atoms with Crippen LogP contribution >= 0.6 is 0 Å². The second-order valence-corrected chi connectivity index (χ2v) is 9.63. The summed E-state index contributed by atoms with van der Waals surface area (Å²) in [5.41, 5.74) is 0. The van der Waals surface area contributed by atoms with Gasteiger partial charge in [-0.25, -0.2) is 4.79 Å². The molecule has 0 spiro atoms. The summed E-state index contributed by atoms with van der Waals surface area (Å²) in [7, 11) is 0. The molecule has 0 aliphatic heterocycles. The van der Waals surface area contributed by atoms with E-state index in [1.807, 2.05) is 6.92 Å². The van der Waals surface area contributed by atoms with E-state index in [9.17, 15) is 4.79 Å². The van der Waals surface area contributed by atoms with E-state index >= 15 is 0 Å². The van der Waals surface area contributed by atoms with Crippen LogP contribution in [0.5, 0.6) is 0 Å². The third-order valence-corrected chi connectivity index (χ3v) is 6.33. The molecule has 0 aliphatic rings. The molecule has 3 atom stereocenters. The number of carbonyl (C=O) groups excluding carboxylic acids is 1. The molecule has 0 aliphatic carbocycles. The Bertz CT molecular complexity index is 451. The molecule has 0 heterocycles. The molecule has 0 saturated heterocycles. The Morgan fingerprint density at radius 2 is 1.09 bits per heavy atom. The van der Waals surface area contributed by atoms with Crippen LogP contribution in [0.2, 0.25) is 0 Å². The van der Waals surface area contributed by atoms with Crippen LogP contribution in [0.25, 0.3) is 0 Å². The summed E-state index contributed by atoms with van der Waals surface area (Å²) in [6.07, 6.45) is 21.2. The molecule has 202 valence electrons. The van der Waals surface area contributed by atoms with Crippen LogP contribution in [0.1, 0.15) is 137 Å². The second-order valence-electron chi connectivity index (χ2n) is 9.63. The standard InChI is InChI=1S/C29H57NO4/c1-7-10-12-14-16-18-20-22-24-30(25-23-21-19-17-15-13-11-8-2)26(4)32-27(5)33-28(6)34-29(31)9-3/h9,26-28H,3,7-8,10-25H2,1-2,4-6H3. The van der Waals surface area contributed by atoms with Crippen molar-refractivity contribution in [3.63, 3.8) is 0 Å². The fourth-order valence-electron chi connectivity index (χ4n) is 4.28. The maximum Gasteiger partial charge on any atom is 0.332 e. The van der Waals surface area contributed by atoms with Crippen LogP contribution in [0, 0.1) is 0 Å². The topological polar surface area (TPSA) is 48.0 Å². The van der Waals surface area contributed by atoms with Crippen molar-refractivity contribution in [3.8, 4) is 0 Å². The summed E-state index contributed by atoms with van der Waals surface area (Å²) in [5.74, 6) is -0.487. The minimum Gasteiger partial charge on any atom is -0.433 e. The van der Waals surface area contributed by atoms with Gasteiger partial charge in [0.15, 0.2) is 6.29 Å². The van der Waals surface area contributed by atoms with Gasteiger partial charge in [-0.3, -0.25) is 4.90 Å². The molecule has 0 aromatic carbocycles. The molecule has 0 radical (unpaired) electrons. The zero-order valence-corrected chi connectivity index (χ0v) is 23.3. The van der Waals surface area contributed by atoms with Crippen LogP contribution < -0.4 is 0 Å². The Hall–Kier alpha value is -0.910. The average molecular weight is 484 g/mol. The van der Waals surface area contributed by atoms with Crippen LogP contribution in [0.15, 0.2) is 12.7 Å². The first-order valence-electron chi connectivity index (χ1n) is 14.3. The lowest BCUT2D eigenvalue weighted by atomic mass is 10.1. The first kappa shape index (κ1) is 33.1. The van der Waals surface area contributed by atoms with Crippen LogP contribution in [0.3, 0.4) is 0 Å². The fourth-order valence-corrected chi connectivity index (χ4v) is 4.28. The molecular formula is C29H57NO4. The van der Waals surface area contributed by atoms with E-state index in [2.05, 4.69) is 32.3 Å². The average Bonchev–Trinajstić information content (AvgIpc) is 2.80. The molecule has 5 nitrogen and oxygen atoms in total. The largest absolute Gasteiger partial charge is 0.433 e. The summed E-state index contributed by atoms with van der Waals surface area (Å²) in [6, 6.07) is 0. The molecule has 5 heteroatoms. The molecule has 34 heavy (non-hydrogen) atoms. The molecule has 3 unspecified atom stereocenters. The highest BCUT2D eigenvalue weighted by atomic mass is 16.8. The van der Waals surface area contributed by atoms with Gasteiger partial charge < -0.3 is 14.2 Å². The summed E-state index contributed by atoms with van der Waals surface area (Å²) < 4.78 is 16.9. The number of carbonyl (C=O) groups is 1. The van der Waals surface area contributed by atoms with Gasteiger partial charge in [-0.1, -0.05) is 110 Å². The highest BCUT2D eigenvalue weighted by Gasteiger charge is 2.19. The highest BCUT2D eigenvalue weighted by Crippen LogP contribution is 2.15. The molecule has 0 aromatic rings. The van der Waals surface area contributed by atoms with Crippen LogP contribution in [0.4, 0.5) is 0 Å². The van der Waals surface area contributed by atoms with Crippen molar-refractivity contribution in [2.75, 3.05) is 13.1 Å². The normalized spacial score (nSPS) is 14.2. The molecule has 0 rings (SSSR count). The van der Waals surface area contributed by atoms with Crippen molar-refractivity contribution >= 4 is 5.97 Å². The third-order valence-electron chi connectivity index (χ3n) is 6.33. The van der Waals surface area contributed by atoms with E-state index in [1.54, 1.807) is 6.92 Å². The summed E-state index contributed by atoms with van der Waals surface area (Å²) in [4.78, 5) is 13.8. The molecule has 0 amide bonds. The van der Waals surface area contributed by atoms with Gasteiger partial charge in [0.05, 0.1) is 0 Å². The Morgan fingerprint density at radius 1 is 0.676 bits per heavy atom. The lowest BCUT2D eigenvalue weighted by Gasteiger charge is -2.31. The number of unbranched alkanes of at least 4 members (excludes halogenated alkanes) is 14. The number of ether oxygens (including phenoxy) is 3. The predicted octanol–water partition coefficient (Wildman–Crippen LogP) is 8.37. The van der Waals surface area contributed by atoms with Crippen molar-refractivity contribution in [2.45, 2.75) is 156 Å². The van der Waals surface area contributed by atoms with Gasteiger partial charge in [-0.05, 0) is 33.6 Å². The van der Waals surface area contributed by atoms with Crippen molar-refractivity contribution in [1.29, 1.82) is 0 Å². The van der Waals surface area contributed by atoms with Crippen LogP contribution in [-0.2, 0) is 19.0 Å². The van der Waals surface area contributed by atoms with Crippen molar-refractivity contribution < 1.29 is 19.0 Å². The summed E-state index contributed by atoms with van der Waals surface area (Å²) in [6.45, 7) is 15.7. The number of nitrogens with zero attached hydrogens (tertiary/aromatic N) is 1. The summed E-state index contributed by atoms with van der Waals surface area (Å²) in [5, 5.41) is 0. The van der Waals surface area contributed by atoms with E-state index < -0.39 is 18.5 Å². The maximum atomic E-state index is 11.4. The molecule has 0 fully saturated rings. The summed E-state index contributed by atoms with van der Waals surface area (Å²) >= 11 is 0. The second kappa shape index (κ2) is 23.8. The van der Waals surface area contributed by atoms with Gasteiger partial charge in [0, 0.05) is 19.2 Å². The SMILES string of the molecule is C=CC(=O)OC(C)OC(C)OC(C)N(CCCCCCCCCC)CCCCCCCCCC. The van der Waals surface area contributed by atoms with E-state index in [0.29, 0.717) is 0 Å². The Kier molecular flexibility index (Phi) is 23.2. The number of hydrogen-bond donors (Lipinski definition) is 0. The molecular weight excluding hydrogens is 426 g/mol. The third kappa shape index (κ3) is 20.5. The number of esters is 1. The van der Waals surface area contributed by atoms with E-state index in [-0.39, 0.29) is 6.23 Å². The Labute approximate surface area is 212 Å². The Balaban J connectivity index is 4.39. The molecule has 0 N–H and O–H groups in total. The highest BCUT2D eigenvalue weighted by molar-refractivity contribution is 5.81. The predicted molar refractivity (Wildman–Crippen MR) is 144 cm³/mol. The first-order valence-corrected chi connectivity index (χ1v) is 14.3. The van der Waals surface area contributed by atoms with E-state index in [0.717, 1.165) is 19.2 Å². The minimum atomic E-state index is -0.665. The lowest BCUT2D eigenvalue weighted by molar-refractivity contribution is -0.253. The van der Waals surface area contributed by atoms with E-state index in [4.69, 9.17) is 14.2 Å². The molecule has 0 saturated carbocycles. The first-order chi connectivity index (χ1) is 16.4. The van der Waals surface area contributed by atoms with Gasteiger partial charge in [0.25, 0.3) is 0 Å². The zero-order chi connectivity index (χ0) is 25.4. The Morgan fingerprint density at radius 3 is 1.50 bits per heavy atom. The van der Waals surface area contributed by atoms with Gasteiger partial charge in [-0.2, -0.15) is 0 Å². The minimum absolute atomic E-state index is 0.0357. The zero-order valence-electron chi connectivity index (χ0n) is 23.3. The smallest absolute Gasteiger partial charge is 0.332 e. The van der Waals surface area contributed by atoms with Gasteiger partial charge in [-0.15, -0.1) is 0 Å². The van der Waals surface area contributed by atoms with Crippen molar-refractivity contribution in [2.24, 2.45) is 0 Å². The number of rotatable bonds is 25. The van der Waals surface area contributed by atoms with Gasteiger partial charge >= 0.3 is 5.97 Å². The monoisotopic (exact) mass is 483 g/mol. The van der Waals surface area contributed by atoms with Crippen molar-refractivity contribution in [3.05, 3.63) is 12.7 Å². The quantitative estimate of drug-likeness (QED) is 0.0565.